The van der Waals surface area contributed by atoms with E-state index < -0.39 is 22.9 Å². The van der Waals surface area contributed by atoms with Crippen LogP contribution in [0, 0.1) is 0 Å². The Bertz CT molecular complexity index is 1240. The summed E-state index contributed by atoms with van der Waals surface area (Å²) in [7, 11) is 1.80. The fraction of sp³-hybridized carbons (Fsp3) is 0.125. The summed E-state index contributed by atoms with van der Waals surface area (Å²) in [5.41, 5.74) is 0.810. The van der Waals surface area contributed by atoms with Crippen molar-refractivity contribution in [3.8, 4) is 11.4 Å². The smallest absolute Gasteiger partial charge is 0.325 e. The molecule has 0 bridgehead atoms. The summed E-state index contributed by atoms with van der Waals surface area (Å²) in [6, 6.07) is 23.1. The van der Waals surface area contributed by atoms with Crippen LogP contribution in [0.5, 0.6) is 0 Å². The summed E-state index contributed by atoms with van der Waals surface area (Å²) in [6.45, 7) is 0. The van der Waals surface area contributed by atoms with Crippen LogP contribution in [0.3, 0.4) is 0 Å². The molecule has 0 spiro atoms. The van der Waals surface area contributed by atoms with Crippen LogP contribution in [0.2, 0.25) is 0 Å². The maximum Gasteiger partial charge on any atom is 0.416 e. The molecule has 168 valence electrons. The van der Waals surface area contributed by atoms with E-state index in [0.717, 1.165) is 17.7 Å². The van der Waals surface area contributed by atoms with Crippen LogP contribution in [0.4, 0.5) is 18.9 Å². The van der Waals surface area contributed by atoms with Gasteiger partial charge >= 0.3 is 6.18 Å². The van der Waals surface area contributed by atoms with E-state index >= 15 is 0 Å². The van der Waals surface area contributed by atoms with E-state index in [4.69, 9.17) is 0 Å². The summed E-state index contributed by atoms with van der Waals surface area (Å²) in [5, 5.41) is 10.8. The molecule has 0 radical (unpaired) electrons. The SMILES string of the molecule is Cn1c(S[C@@H](C(=O)Nc2cccc(C(F)(F)F)c2)c2ccccc2)nnc1-c1ccccc1. The van der Waals surface area contributed by atoms with Crippen molar-refractivity contribution in [1.82, 2.24) is 14.8 Å². The molecule has 0 aliphatic rings. The second-order valence-corrected chi connectivity index (χ2v) is 8.28. The van der Waals surface area contributed by atoms with Gasteiger partial charge in [-0.2, -0.15) is 13.2 Å². The molecule has 1 amide bonds. The number of rotatable bonds is 6. The van der Waals surface area contributed by atoms with Gasteiger partial charge in [-0.3, -0.25) is 4.79 Å². The van der Waals surface area contributed by atoms with Gasteiger partial charge < -0.3 is 9.88 Å². The summed E-state index contributed by atoms with van der Waals surface area (Å²) in [4.78, 5) is 13.2. The lowest BCUT2D eigenvalue weighted by Crippen LogP contribution is -2.20. The Kier molecular flexibility index (Phi) is 6.50. The number of halogens is 3. The number of benzene rings is 3. The van der Waals surface area contributed by atoms with Crippen LogP contribution >= 0.6 is 11.8 Å². The highest BCUT2D eigenvalue weighted by molar-refractivity contribution is 8.00. The lowest BCUT2D eigenvalue weighted by Gasteiger charge is -2.17. The number of hydrogen-bond donors (Lipinski definition) is 1. The van der Waals surface area contributed by atoms with Gasteiger partial charge in [0.1, 0.15) is 5.25 Å². The number of nitrogens with zero attached hydrogens (tertiary/aromatic N) is 3. The number of aromatic nitrogens is 3. The number of nitrogens with one attached hydrogen (secondary N) is 1. The molecule has 4 aromatic rings. The Balaban J connectivity index is 1.62. The Morgan fingerprint density at radius 2 is 1.61 bits per heavy atom. The second kappa shape index (κ2) is 9.50. The summed E-state index contributed by atoms with van der Waals surface area (Å²) in [6.07, 6.45) is -4.50. The highest BCUT2D eigenvalue weighted by atomic mass is 32.2. The number of hydrogen-bond acceptors (Lipinski definition) is 4. The van der Waals surface area contributed by atoms with Crippen molar-refractivity contribution in [2.24, 2.45) is 7.05 Å². The molecule has 0 fully saturated rings. The minimum Gasteiger partial charge on any atom is -0.325 e. The van der Waals surface area contributed by atoms with Crippen molar-refractivity contribution >= 4 is 23.4 Å². The molecule has 1 atom stereocenters. The minimum absolute atomic E-state index is 0.0688. The third-order valence-corrected chi connectivity index (χ3v) is 6.18. The molecule has 1 heterocycles. The Morgan fingerprint density at radius 3 is 2.27 bits per heavy atom. The number of thioether (sulfide) groups is 1. The molecule has 0 aliphatic carbocycles. The van der Waals surface area contributed by atoms with Gasteiger partial charge in [0.15, 0.2) is 11.0 Å². The van der Waals surface area contributed by atoms with Crippen molar-refractivity contribution in [3.05, 3.63) is 96.1 Å². The molecule has 0 aliphatic heterocycles. The van der Waals surface area contributed by atoms with Crippen molar-refractivity contribution < 1.29 is 18.0 Å². The molecule has 3 aromatic carbocycles. The molecule has 1 aromatic heterocycles. The van der Waals surface area contributed by atoms with E-state index in [1.54, 1.807) is 35.9 Å². The highest BCUT2D eigenvalue weighted by Crippen LogP contribution is 2.37. The predicted octanol–water partition coefficient (Wildman–Crippen LogP) is 5.97. The van der Waals surface area contributed by atoms with E-state index in [-0.39, 0.29) is 5.69 Å². The maximum absolute atomic E-state index is 13.2. The Labute approximate surface area is 192 Å². The number of carbonyl (C=O) groups is 1. The van der Waals surface area contributed by atoms with Crippen molar-refractivity contribution in [2.75, 3.05) is 5.32 Å². The van der Waals surface area contributed by atoms with Gasteiger partial charge in [-0.05, 0) is 23.8 Å². The first-order valence-corrected chi connectivity index (χ1v) is 10.9. The third kappa shape index (κ3) is 5.25. The summed E-state index contributed by atoms with van der Waals surface area (Å²) < 4.78 is 41.0. The van der Waals surface area contributed by atoms with E-state index in [1.807, 2.05) is 36.4 Å². The van der Waals surface area contributed by atoms with Crippen molar-refractivity contribution in [1.29, 1.82) is 0 Å². The van der Waals surface area contributed by atoms with Crippen LogP contribution in [0.1, 0.15) is 16.4 Å². The molecule has 9 heteroatoms. The molecule has 33 heavy (non-hydrogen) atoms. The number of alkyl halides is 3. The topological polar surface area (TPSA) is 59.8 Å². The standard InChI is InChI=1S/C24H19F3N4OS/c1-31-21(17-11-6-3-7-12-17)29-30-23(31)33-20(16-9-4-2-5-10-16)22(32)28-19-14-8-13-18(15-19)24(25,26)27/h2-15,20H,1H3,(H,28,32)/t20-/m1/s1. The van der Waals surface area contributed by atoms with Crippen LogP contribution in [0.25, 0.3) is 11.4 Å². The highest BCUT2D eigenvalue weighted by Gasteiger charge is 2.31. The fourth-order valence-corrected chi connectivity index (χ4v) is 4.25. The molecule has 0 saturated carbocycles. The number of carbonyl (C=O) groups excluding carboxylic acids is 1. The number of amides is 1. The predicted molar refractivity (Wildman–Crippen MR) is 122 cm³/mol. The van der Waals surface area contributed by atoms with E-state index in [9.17, 15) is 18.0 Å². The van der Waals surface area contributed by atoms with Gasteiger partial charge in [-0.25, -0.2) is 0 Å². The molecule has 0 unspecified atom stereocenters. The van der Waals surface area contributed by atoms with Gasteiger partial charge in [0.2, 0.25) is 5.91 Å². The van der Waals surface area contributed by atoms with Gasteiger partial charge in [-0.15, -0.1) is 10.2 Å². The van der Waals surface area contributed by atoms with Gasteiger partial charge in [0.05, 0.1) is 5.56 Å². The quantitative estimate of drug-likeness (QED) is 0.354. The lowest BCUT2D eigenvalue weighted by atomic mass is 10.1. The monoisotopic (exact) mass is 468 g/mol. The normalized spacial score (nSPS) is 12.4. The first kappa shape index (κ1) is 22.6. The summed E-state index contributed by atoms with van der Waals surface area (Å²) in [5.74, 6) is 0.179. The van der Waals surface area contributed by atoms with Gasteiger partial charge in [0, 0.05) is 18.3 Å². The zero-order valence-corrected chi connectivity index (χ0v) is 18.3. The first-order valence-electron chi connectivity index (χ1n) is 9.97. The molecule has 1 N–H and O–H groups in total. The summed E-state index contributed by atoms with van der Waals surface area (Å²) >= 11 is 1.18. The third-order valence-electron chi connectivity index (χ3n) is 4.89. The van der Waals surface area contributed by atoms with Crippen molar-refractivity contribution in [2.45, 2.75) is 16.6 Å². The zero-order chi connectivity index (χ0) is 23.4. The Hall–Kier alpha value is -3.59. The largest absolute Gasteiger partial charge is 0.416 e. The molecule has 0 saturated heterocycles. The first-order chi connectivity index (χ1) is 15.8. The van der Waals surface area contributed by atoms with Gasteiger partial charge in [-0.1, -0.05) is 78.5 Å². The average molecular weight is 469 g/mol. The average Bonchev–Trinajstić information content (AvgIpc) is 3.18. The Morgan fingerprint density at radius 1 is 0.939 bits per heavy atom. The van der Waals surface area contributed by atoms with Crippen LogP contribution < -0.4 is 5.32 Å². The molecular weight excluding hydrogens is 449 g/mol. The van der Waals surface area contributed by atoms with Crippen LogP contribution in [-0.2, 0) is 18.0 Å². The van der Waals surface area contributed by atoms with E-state index in [1.165, 1.54) is 23.9 Å². The van der Waals surface area contributed by atoms with Crippen LogP contribution in [0.15, 0.2) is 90.1 Å². The van der Waals surface area contributed by atoms with E-state index in [2.05, 4.69) is 15.5 Å². The lowest BCUT2D eigenvalue weighted by molar-refractivity contribution is -0.137. The second-order valence-electron chi connectivity index (χ2n) is 7.21. The van der Waals surface area contributed by atoms with Crippen LogP contribution in [-0.4, -0.2) is 20.7 Å². The maximum atomic E-state index is 13.2. The zero-order valence-electron chi connectivity index (χ0n) is 17.5. The van der Waals surface area contributed by atoms with Gasteiger partial charge in [0.25, 0.3) is 0 Å². The minimum atomic E-state index is -4.50. The molecule has 4 rings (SSSR count). The van der Waals surface area contributed by atoms with Crippen molar-refractivity contribution in [3.63, 3.8) is 0 Å². The number of anilines is 1. The molecule has 5 nitrogen and oxygen atoms in total. The fourth-order valence-electron chi connectivity index (χ4n) is 3.24. The van der Waals surface area contributed by atoms with E-state index in [0.29, 0.717) is 16.5 Å². The molecular formula is C24H19F3N4OS.